The summed E-state index contributed by atoms with van der Waals surface area (Å²) < 4.78 is 17.0. The molecule has 0 fully saturated rings. The van der Waals surface area contributed by atoms with Gasteiger partial charge in [0.2, 0.25) is 0 Å². The Labute approximate surface area is 129 Å². The van der Waals surface area contributed by atoms with Gasteiger partial charge in [-0.05, 0) is 24.8 Å². The molecule has 4 heteroatoms. The van der Waals surface area contributed by atoms with Gasteiger partial charge < -0.3 is 4.52 Å². The van der Waals surface area contributed by atoms with E-state index in [0.717, 1.165) is 49.0 Å². The van der Waals surface area contributed by atoms with Crippen LogP contribution >= 0.6 is 20.9 Å². The van der Waals surface area contributed by atoms with Crippen LogP contribution in [0.15, 0.2) is 30.3 Å². The molecule has 0 saturated heterocycles. The fourth-order valence-corrected chi connectivity index (χ4v) is 3.45. The molecule has 2 unspecified atom stereocenters. The molecule has 0 N–H and O–H groups in total. The molecule has 0 bridgehead atoms. The van der Waals surface area contributed by atoms with Gasteiger partial charge in [-0.2, -0.15) is 0 Å². The summed E-state index contributed by atoms with van der Waals surface area (Å²) in [6.45, 7) is 4.30. The van der Waals surface area contributed by atoms with E-state index >= 15 is 0 Å². The zero-order valence-electron chi connectivity index (χ0n) is 12.4. The summed E-state index contributed by atoms with van der Waals surface area (Å²) in [6, 6.07) is 10.0. The summed E-state index contributed by atoms with van der Waals surface area (Å²) in [7, 11) is -1.28. The second-order valence-electron chi connectivity index (χ2n) is 5.04. The Kier molecular flexibility index (Phi) is 8.28. The van der Waals surface area contributed by atoms with Crippen molar-refractivity contribution in [1.82, 2.24) is 0 Å². The van der Waals surface area contributed by atoms with Gasteiger partial charge in [-0.1, -0.05) is 75.7 Å². The maximum Gasteiger partial charge on any atom is 0.181 e. The molecule has 0 radical (unpaired) electrons. The summed E-state index contributed by atoms with van der Waals surface area (Å²) in [6.07, 6.45) is 5.90. The van der Waals surface area contributed by atoms with Gasteiger partial charge in [0.05, 0.1) is 0 Å². The van der Waals surface area contributed by atoms with Crippen LogP contribution in [0, 0.1) is 0 Å². The molecule has 0 saturated carbocycles. The van der Waals surface area contributed by atoms with Crippen LogP contribution in [-0.4, -0.2) is 4.86 Å². The molecule has 0 heterocycles. The first kappa shape index (κ1) is 17.6. The first-order valence-corrected chi connectivity index (χ1v) is 8.76. The number of thiocarbonyl (C=S) groups is 1. The topological polar surface area (TPSA) is 26.3 Å². The van der Waals surface area contributed by atoms with Crippen LogP contribution in [0.4, 0.5) is 0 Å². The molecule has 112 valence electrons. The van der Waals surface area contributed by atoms with Crippen LogP contribution in [0.5, 0.6) is 0 Å². The molecule has 1 rings (SSSR count). The van der Waals surface area contributed by atoms with Crippen LogP contribution in [0.2, 0.25) is 0 Å². The summed E-state index contributed by atoms with van der Waals surface area (Å²) in [5, 5.41) is 0. The summed E-state index contributed by atoms with van der Waals surface area (Å²) in [5.41, 5.74) is 0.400. The molecule has 20 heavy (non-hydrogen) atoms. The second-order valence-corrected chi connectivity index (χ2v) is 5.96. The predicted molar refractivity (Wildman–Crippen MR) is 91.2 cm³/mol. The summed E-state index contributed by atoms with van der Waals surface area (Å²) in [4.78, 5) is 0.891. The summed E-state index contributed by atoms with van der Waals surface area (Å²) in [5.74, 6) is 0. The largest absolute Gasteiger partial charge is 0.315 e. The standard InChI is InChI=1S/C16H25O2PS/c1-3-5-12-15(20)16(18-19-17,13-6-4-2)14-10-8-7-9-11-14/h7-11H,3-6,12-13,19H2,1-2H3. The number of hydrogen-bond acceptors (Lipinski definition) is 3. The Hall–Kier alpha value is -0.500. The van der Waals surface area contributed by atoms with Crippen molar-refractivity contribution in [2.24, 2.45) is 0 Å². The van der Waals surface area contributed by atoms with E-state index in [-0.39, 0.29) is 0 Å². The van der Waals surface area contributed by atoms with Crippen LogP contribution in [0.3, 0.4) is 0 Å². The van der Waals surface area contributed by atoms with Crippen molar-refractivity contribution in [2.75, 3.05) is 0 Å². The van der Waals surface area contributed by atoms with Crippen LogP contribution in [0.1, 0.15) is 57.9 Å². The van der Waals surface area contributed by atoms with Crippen molar-refractivity contribution in [1.29, 1.82) is 0 Å². The van der Waals surface area contributed by atoms with E-state index in [4.69, 9.17) is 16.7 Å². The highest BCUT2D eigenvalue weighted by molar-refractivity contribution is 7.80. The highest BCUT2D eigenvalue weighted by Crippen LogP contribution is 2.38. The maximum atomic E-state index is 11.3. The first-order chi connectivity index (χ1) is 9.71. The molecule has 1 aromatic rings. The third kappa shape index (κ3) is 4.51. The van der Waals surface area contributed by atoms with Gasteiger partial charge in [0.25, 0.3) is 0 Å². The van der Waals surface area contributed by atoms with E-state index in [0.29, 0.717) is 0 Å². The number of benzene rings is 1. The van der Waals surface area contributed by atoms with Crippen molar-refractivity contribution in [3.63, 3.8) is 0 Å². The Morgan fingerprint density at radius 2 is 1.85 bits per heavy atom. The van der Waals surface area contributed by atoms with Gasteiger partial charge in [0, 0.05) is 4.86 Å². The zero-order valence-corrected chi connectivity index (χ0v) is 14.4. The number of hydrogen-bond donors (Lipinski definition) is 0. The lowest BCUT2D eigenvalue weighted by Crippen LogP contribution is -2.35. The highest BCUT2D eigenvalue weighted by Gasteiger charge is 2.36. The quantitative estimate of drug-likeness (QED) is 0.432. The number of unbranched alkanes of at least 4 members (excludes halogenated alkanes) is 2. The lowest BCUT2D eigenvalue weighted by Gasteiger charge is -2.33. The van der Waals surface area contributed by atoms with Crippen molar-refractivity contribution in [3.05, 3.63) is 35.9 Å². The molecule has 0 amide bonds. The summed E-state index contributed by atoms with van der Waals surface area (Å²) >= 11 is 5.66. The van der Waals surface area contributed by atoms with Gasteiger partial charge in [-0.3, -0.25) is 4.57 Å². The fraction of sp³-hybridized carbons (Fsp3) is 0.562. The maximum absolute atomic E-state index is 11.3. The Balaban J connectivity index is 3.12. The van der Waals surface area contributed by atoms with Gasteiger partial charge in [0.1, 0.15) is 5.60 Å². The predicted octanol–water partition coefficient (Wildman–Crippen LogP) is 5.32. The third-order valence-corrected chi connectivity index (χ3v) is 4.61. The normalized spacial score (nSPS) is 14.5. The molecule has 2 atom stereocenters. The van der Waals surface area contributed by atoms with Crippen LogP contribution in [0.25, 0.3) is 0 Å². The smallest absolute Gasteiger partial charge is 0.181 e. The van der Waals surface area contributed by atoms with E-state index in [1.54, 1.807) is 0 Å². The average molecular weight is 312 g/mol. The zero-order chi connectivity index (χ0) is 14.8. The van der Waals surface area contributed by atoms with Crippen molar-refractivity contribution < 1.29 is 9.09 Å². The molecule has 0 aliphatic carbocycles. The molecule has 0 spiro atoms. The van der Waals surface area contributed by atoms with Crippen LogP contribution < -0.4 is 0 Å². The van der Waals surface area contributed by atoms with Gasteiger partial charge in [0.15, 0.2) is 8.69 Å². The monoisotopic (exact) mass is 312 g/mol. The lowest BCUT2D eigenvalue weighted by molar-refractivity contribution is 0.146. The first-order valence-electron chi connectivity index (χ1n) is 7.41. The highest BCUT2D eigenvalue weighted by atomic mass is 32.1. The van der Waals surface area contributed by atoms with Gasteiger partial charge >= 0.3 is 0 Å². The molecule has 0 aromatic heterocycles. The Bertz CT molecular complexity index is 422. The molecule has 0 aliphatic rings. The Morgan fingerprint density at radius 1 is 1.20 bits per heavy atom. The van der Waals surface area contributed by atoms with Crippen molar-refractivity contribution in [2.45, 2.75) is 58.0 Å². The van der Waals surface area contributed by atoms with E-state index in [1.165, 1.54) is 0 Å². The Morgan fingerprint density at radius 3 is 2.40 bits per heavy atom. The van der Waals surface area contributed by atoms with E-state index in [2.05, 4.69) is 13.8 Å². The van der Waals surface area contributed by atoms with E-state index < -0.39 is 14.3 Å². The van der Waals surface area contributed by atoms with Crippen molar-refractivity contribution in [3.8, 4) is 0 Å². The SMILES string of the molecule is CCCCC(=S)C(CCCC)(O[PH2]=O)c1ccccc1. The third-order valence-electron chi connectivity index (χ3n) is 3.58. The lowest BCUT2D eigenvalue weighted by atomic mass is 9.84. The minimum Gasteiger partial charge on any atom is -0.315 e. The number of rotatable bonds is 10. The molecular formula is C16H25O2PS. The molecular weight excluding hydrogens is 287 g/mol. The van der Waals surface area contributed by atoms with Gasteiger partial charge in [-0.25, -0.2) is 0 Å². The van der Waals surface area contributed by atoms with Crippen molar-refractivity contribution >= 4 is 25.8 Å². The van der Waals surface area contributed by atoms with Gasteiger partial charge in [-0.15, -0.1) is 0 Å². The molecule has 1 aromatic carbocycles. The fourth-order valence-electron chi connectivity index (χ4n) is 2.39. The van der Waals surface area contributed by atoms with E-state index in [1.807, 2.05) is 30.3 Å². The molecule has 2 nitrogen and oxygen atoms in total. The van der Waals surface area contributed by atoms with Crippen LogP contribution in [-0.2, 0) is 14.7 Å². The minimum absolute atomic E-state index is 0.640. The minimum atomic E-state index is -1.28. The molecule has 0 aliphatic heterocycles. The second kappa shape index (κ2) is 9.44. The van der Waals surface area contributed by atoms with E-state index in [9.17, 15) is 4.57 Å². The average Bonchev–Trinajstić information content (AvgIpc) is 2.50.